The van der Waals surface area contributed by atoms with Crippen LogP contribution >= 0.6 is 12.4 Å². The number of aryl methyl sites for hydroxylation is 1. The lowest BCUT2D eigenvalue weighted by Crippen LogP contribution is -2.48. The SMILES string of the molecule is Cc1ccc2c(c1)C(=O)N(CC(=O)N(C)C1CCNCC1)C2=O.Cl. The number of hydrogen-bond donors (Lipinski definition) is 1. The minimum atomic E-state index is -0.378. The Balaban J connectivity index is 0.00000208. The number of nitrogens with zero attached hydrogens (tertiary/aromatic N) is 2. The van der Waals surface area contributed by atoms with Crippen molar-refractivity contribution in [1.82, 2.24) is 15.1 Å². The van der Waals surface area contributed by atoms with Crippen molar-refractivity contribution in [2.45, 2.75) is 25.8 Å². The van der Waals surface area contributed by atoms with E-state index >= 15 is 0 Å². The van der Waals surface area contributed by atoms with E-state index in [1.807, 2.05) is 6.92 Å². The summed E-state index contributed by atoms with van der Waals surface area (Å²) < 4.78 is 0. The van der Waals surface area contributed by atoms with E-state index in [4.69, 9.17) is 0 Å². The molecular formula is C17H22ClN3O3. The highest BCUT2D eigenvalue weighted by Crippen LogP contribution is 2.24. The second-order valence-electron chi connectivity index (χ2n) is 6.23. The molecule has 0 saturated carbocycles. The summed E-state index contributed by atoms with van der Waals surface area (Å²) in [4.78, 5) is 40.0. The second kappa shape index (κ2) is 7.32. The summed E-state index contributed by atoms with van der Waals surface area (Å²) in [6, 6.07) is 5.33. The van der Waals surface area contributed by atoms with Gasteiger partial charge in [-0.1, -0.05) is 11.6 Å². The first-order valence-corrected chi connectivity index (χ1v) is 7.92. The van der Waals surface area contributed by atoms with Crippen LogP contribution in [-0.4, -0.2) is 60.2 Å². The Morgan fingerprint density at radius 2 is 1.83 bits per heavy atom. The molecule has 2 aliphatic rings. The summed E-state index contributed by atoms with van der Waals surface area (Å²) in [5, 5.41) is 3.26. The van der Waals surface area contributed by atoms with Gasteiger partial charge in [0, 0.05) is 13.1 Å². The number of benzene rings is 1. The maximum Gasteiger partial charge on any atom is 0.262 e. The van der Waals surface area contributed by atoms with Crippen molar-refractivity contribution in [1.29, 1.82) is 0 Å². The zero-order chi connectivity index (χ0) is 16.6. The molecule has 0 radical (unpaired) electrons. The van der Waals surface area contributed by atoms with Gasteiger partial charge in [-0.3, -0.25) is 19.3 Å². The topological polar surface area (TPSA) is 69.7 Å². The Kier molecular flexibility index (Phi) is 5.62. The van der Waals surface area contributed by atoms with E-state index in [2.05, 4.69) is 5.32 Å². The van der Waals surface area contributed by atoms with Gasteiger partial charge in [0.15, 0.2) is 0 Å². The average molecular weight is 352 g/mol. The van der Waals surface area contributed by atoms with Crippen LogP contribution in [0.15, 0.2) is 18.2 Å². The van der Waals surface area contributed by atoms with Crippen LogP contribution in [0.5, 0.6) is 0 Å². The van der Waals surface area contributed by atoms with Gasteiger partial charge in [0.25, 0.3) is 11.8 Å². The van der Waals surface area contributed by atoms with Crippen molar-refractivity contribution < 1.29 is 14.4 Å². The lowest BCUT2D eigenvalue weighted by Gasteiger charge is -2.32. The minimum Gasteiger partial charge on any atom is -0.341 e. The van der Waals surface area contributed by atoms with E-state index in [-0.39, 0.29) is 42.7 Å². The highest BCUT2D eigenvalue weighted by molar-refractivity contribution is 6.22. The Morgan fingerprint density at radius 1 is 1.21 bits per heavy atom. The minimum absolute atomic E-state index is 0. The average Bonchev–Trinajstić information content (AvgIpc) is 2.79. The van der Waals surface area contributed by atoms with E-state index in [1.54, 1.807) is 30.1 Å². The molecule has 24 heavy (non-hydrogen) atoms. The normalized spacial score (nSPS) is 17.5. The molecule has 3 amide bonds. The van der Waals surface area contributed by atoms with Gasteiger partial charge in [-0.15, -0.1) is 12.4 Å². The molecule has 1 N–H and O–H groups in total. The number of fused-ring (bicyclic) bond motifs is 1. The van der Waals surface area contributed by atoms with Crippen LogP contribution in [0.25, 0.3) is 0 Å². The summed E-state index contributed by atoms with van der Waals surface area (Å²) in [6.45, 7) is 3.45. The number of carbonyl (C=O) groups excluding carboxylic acids is 3. The first-order valence-electron chi connectivity index (χ1n) is 7.92. The molecule has 2 aliphatic heterocycles. The Hall–Kier alpha value is -1.92. The van der Waals surface area contributed by atoms with Crippen LogP contribution in [0.2, 0.25) is 0 Å². The van der Waals surface area contributed by atoms with Crippen molar-refractivity contribution in [2.24, 2.45) is 0 Å². The van der Waals surface area contributed by atoms with Crippen LogP contribution in [0.3, 0.4) is 0 Å². The number of halogens is 1. The molecule has 0 spiro atoms. The third-order valence-corrected chi connectivity index (χ3v) is 4.67. The molecule has 130 valence electrons. The molecule has 0 aromatic heterocycles. The lowest BCUT2D eigenvalue weighted by molar-refractivity contribution is -0.132. The number of amides is 3. The fourth-order valence-electron chi connectivity index (χ4n) is 3.19. The number of carbonyl (C=O) groups is 3. The molecule has 1 saturated heterocycles. The van der Waals surface area contributed by atoms with E-state index in [9.17, 15) is 14.4 Å². The van der Waals surface area contributed by atoms with E-state index in [0.717, 1.165) is 36.4 Å². The first kappa shape index (κ1) is 18.4. The summed E-state index contributed by atoms with van der Waals surface area (Å²) in [7, 11) is 1.75. The van der Waals surface area contributed by atoms with Crippen molar-refractivity contribution >= 4 is 30.1 Å². The first-order chi connectivity index (χ1) is 11.0. The van der Waals surface area contributed by atoms with Crippen LogP contribution < -0.4 is 5.32 Å². The van der Waals surface area contributed by atoms with Gasteiger partial charge in [0.1, 0.15) is 6.54 Å². The number of likely N-dealkylation sites (N-methyl/N-ethyl adjacent to an activating group) is 1. The molecule has 0 bridgehead atoms. The second-order valence-corrected chi connectivity index (χ2v) is 6.23. The van der Waals surface area contributed by atoms with Gasteiger partial charge in [0.2, 0.25) is 5.91 Å². The van der Waals surface area contributed by atoms with Gasteiger partial charge in [0.05, 0.1) is 11.1 Å². The maximum absolute atomic E-state index is 12.5. The Bertz CT molecular complexity index is 671. The lowest BCUT2D eigenvalue weighted by atomic mass is 10.1. The summed E-state index contributed by atoms with van der Waals surface area (Å²) in [5.41, 5.74) is 1.70. The largest absolute Gasteiger partial charge is 0.341 e. The molecule has 7 heteroatoms. The highest BCUT2D eigenvalue weighted by Gasteiger charge is 2.37. The quantitative estimate of drug-likeness (QED) is 0.831. The van der Waals surface area contributed by atoms with Gasteiger partial charge in [-0.25, -0.2) is 0 Å². The molecule has 2 heterocycles. The van der Waals surface area contributed by atoms with Crippen molar-refractivity contribution in [3.05, 3.63) is 34.9 Å². The molecule has 3 rings (SSSR count). The van der Waals surface area contributed by atoms with Gasteiger partial charge < -0.3 is 10.2 Å². The molecule has 1 aromatic carbocycles. The van der Waals surface area contributed by atoms with E-state index < -0.39 is 0 Å². The van der Waals surface area contributed by atoms with Gasteiger partial charge >= 0.3 is 0 Å². The highest BCUT2D eigenvalue weighted by atomic mass is 35.5. The number of imide groups is 1. The molecule has 1 fully saturated rings. The summed E-state index contributed by atoms with van der Waals surface area (Å²) in [6.07, 6.45) is 1.78. The van der Waals surface area contributed by atoms with Crippen molar-refractivity contribution in [3.63, 3.8) is 0 Å². The molecule has 0 atom stereocenters. The van der Waals surface area contributed by atoms with Crippen LogP contribution in [0.4, 0.5) is 0 Å². The number of hydrogen-bond acceptors (Lipinski definition) is 4. The van der Waals surface area contributed by atoms with Crippen LogP contribution in [0, 0.1) is 6.92 Å². The predicted octanol–water partition coefficient (Wildman–Crippen LogP) is 1.22. The van der Waals surface area contributed by atoms with Crippen LogP contribution in [0.1, 0.15) is 39.1 Å². The third-order valence-electron chi connectivity index (χ3n) is 4.67. The smallest absolute Gasteiger partial charge is 0.262 e. The summed E-state index contributed by atoms with van der Waals surface area (Å²) in [5.74, 6) is -0.944. The van der Waals surface area contributed by atoms with Gasteiger partial charge in [-0.05, 0) is 45.0 Å². The predicted molar refractivity (Wildman–Crippen MR) is 92.5 cm³/mol. The van der Waals surface area contributed by atoms with E-state index in [1.165, 1.54) is 0 Å². The standard InChI is InChI=1S/C17H21N3O3.ClH/c1-11-3-4-13-14(9-11)17(23)20(16(13)22)10-15(21)19(2)12-5-7-18-8-6-12;/h3-4,9,12,18H,5-8,10H2,1-2H3;1H. The monoisotopic (exact) mass is 351 g/mol. The van der Waals surface area contributed by atoms with E-state index in [0.29, 0.717) is 11.1 Å². The molecule has 0 aliphatic carbocycles. The fraction of sp³-hybridized carbons (Fsp3) is 0.471. The zero-order valence-corrected chi connectivity index (χ0v) is 14.7. The Morgan fingerprint density at radius 3 is 2.50 bits per heavy atom. The van der Waals surface area contributed by atoms with Crippen molar-refractivity contribution in [2.75, 3.05) is 26.7 Å². The fourth-order valence-corrected chi connectivity index (χ4v) is 3.19. The maximum atomic E-state index is 12.5. The number of nitrogens with one attached hydrogen (secondary N) is 1. The number of rotatable bonds is 3. The number of piperidine rings is 1. The Labute approximate surface area is 147 Å². The van der Waals surface area contributed by atoms with Crippen LogP contribution in [-0.2, 0) is 4.79 Å². The molecular weight excluding hydrogens is 330 g/mol. The summed E-state index contributed by atoms with van der Waals surface area (Å²) >= 11 is 0. The zero-order valence-electron chi connectivity index (χ0n) is 13.9. The molecule has 6 nitrogen and oxygen atoms in total. The van der Waals surface area contributed by atoms with Crippen molar-refractivity contribution in [3.8, 4) is 0 Å². The third kappa shape index (κ3) is 3.30. The van der Waals surface area contributed by atoms with Gasteiger partial charge in [-0.2, -0.15) is 0 Å². The molecule has 1 aromatic rings. The molecule has 0 unspecified atom stereocenters.